The zero-order chi connectivity index (χ0) is 21.8. The van der Waals surface area contributed by atoms with E-state index in [0.717, 1.165) is 31.6 Å². The van der Waals surface area contributed by atoms with E-state index in [1.54, 1.807) is 41.4 Å². The fraction of sp³-hybridized carbons (Fsp3) is 0.273. The number of hydrogen-bond acceptors (Lipinski definition) is 5. The second-order valence-corrected chi connectivity index (χ2v) is 7.47. The zero-order valence-corrected chi connectivity index (χ0v) is 16.9. The number of nitro groups is 1. The van der Waals surface area contributed by atoms with Crippen LogP contribution >= 0.6 is 0 Å². The van der Waals surface area contributed by atoms with E-state index in [1.165, 1.54) is 28.9 Å². The van der Waals surface area contributed by atoms with Gasteiger partial charge in [-0.25, -0.2) is 9.07 Å². The summed E-state index contributed by atoms with van der Waals surface area (Å²) in [6.45, 7) is 3.54. The molecule has 1 saturated heterocycles. The van der Waals surface area contributed by atoms with Crippen molar-refractivity contribution in [2.45, 2.75) is 13.0 Å². The fourth-order valence-electron chi connectivity index (χ4n) is 3.65. The van der Waals surface area contributed by atoms with Crippen LogP contribution in [0.25, 0.3) is 5.69 Å². The topological polar surface area (TPSA) is 84.5 Å². The SMILES string of the molecule is O=C(c1ccn(-c2ccc([N+](=O)[O-])cc2)n1)N1CCCN(Cc2ccc(F)cc2)CC1. The van der Waals surface area contributed by atoms with Crippen molar-refractivity contribution >= 4 is 11.6 Å². The van der Waals surface area contributed by atoms with Gasteiger partial charge in [-0.15, -0.1) is 0 Å². The molecule has 0 atom stereocenters. The standard InChI is InChI=1S/C22H22FN5O3/c23-18-4-2-17(3-5-18)16-25-11-1-12-26(15-14-25)22(29)21-10-13-27(24-21)19-6-8-20(9-7-19)28(30)31/h2-10,13H,1,11-12,14-16H2. The smallest absolute Gasteiger partial charge is 0.274 e. The van der Waals surface area contributed by atoms with Gasteiger partial charge in [-0.05, 0) is 42.3 Å². The Morgan fingerprint density at radius 1 is 1.00 bits per heavy atom. The molecule has 0 N–H and O–H groups in total. The second kappa shape index (κ2) is 9.05. The minimum atomic E-state index is -0.458. The molecule has 0 radical (unpaired) electrons. The Balaban J connectivity index is 1.38. The van der Waals surface area contributed by atoms with Crippen molar-refractivity contribution in [1.29, 1.82) is 0 Å². The molecule has 1 amide bonds. The van der Waals surface area contributed by atoms with Gasteiger partial charge in [-0.2, -0.15) is 5.10 Å². The number of carbonyl (C=O) groups excluding carboxylic acids is 1. The predicted molar refractivity (Wildman–Crippen MR) is 112 cm³/mol. The summed E-state index contributed by atoms with van der Waals surface area (Å²) in [5.74, 6) is -0.381. The number of rotatable bonds is 5. The molecule has 1 aromatic heterocycles. The number of amides is 1. The van der Waals surface area contributed by atoms with Crippen molar-refractivity contribution < 1.29 is 14.1 Å². The monoisotopic (exact) mass is 423 g/mol. The fourth-order valence-corrected chi connectivity index (χ4v) is 3.65. The van der Waals surface area contributed by atoms with Crippen molar-refractivity contribution in [3.05, 3.63) is 88.0 Å². The molecule has 3 aromatic rings. The van der Waals surface area contributed by atoms with E-state index in [1.807, 2.05) is 0 Å². The lowest BCUT2D eigenvalue weighted by Gasteiger charge is -2.21. The number of halogens is 1. The van der Waals surface area contributed by atoms with Gasteiger partial charge in [-0.1, -0.05) is 12.1 Å². The van der Waals surface area contributed by atoms with Crippen LogP contribution in [0.2, 0.25) is 0 Å². The van der Waals surface area contributed by atoms with Crippen molar-refractivity contribution in [2.75, 3.05) is 26.2 Å². The average Bonchev–Trinajstić information content (AvgIpc) is 3.16. The number of hydrogen-bond donors (Lipinski definition) is 0. The number of carbonyl (C=O) groups is 1. The van der Waals surface area contributed by atoms with Crippen LogP contribution in [0.5, 0.6) is 0 Å². The molecule has 1 aliphatic rings. The molecule has 9 heteroatoms. The van der Waals surface area contributed by atoms with Crippen LogP contribution in [-0.2, 0) is 6.54 Å². The van der Waals surface area contributed by atoms with E-state index < -0.39 is 4.92 Å². The van der Waals surface area contributed by atoms with Crippen LogP contribution in [0.15, 0.2) is 60.8 Å². The van der Waals surface area contributed by atoms with Gasteiger partial charge < -0.3 is 4.90 Å². The Hall–Kier alpha value is -3.59. The first-order valence-electron chi connectivity index (χ1n) is 10.1. The Morgan fingerprint density at radius 3 is 2.45 bits per heavy atom. The summed E-state index contributed by atoms with van der Waals surface area (Å²) in [4.78, 5) is 27.3. The summed E-state index contributed by atoms with van der Waals surface area (Å²) in [6, 6.07) is 14.2. The Morgan fingerprint density at radius 2 is 1.74 bits per heavy atom. The van der Waals surface area contributed by atoms with Gasteiger partial charge in [0.1, 0.15) is 5.82 Å². The van der Waals surface area contributed by atoms with Crippen molar-refractivity contribution in [2.24, 2.45) is 0 Å². The van der Waals surface area contributed by atoms with Gasteiger partial charge in [0.15, 0.2) is 5.69 Å². The molecule has 0 unspecified atom stereocenters. The summed E-state index contributed by atoms with van der Waals surface area (Å²) in [6.07, 6.45) is 2.52. The first kappa shape index (κ1) is 20.7. The van der Waals surface area contributed by atoms with Gasteiger partial charge in [0.2, 0.25) is 0 Å². The maximum atomic E-state index is 13.1. The lowest BCUT2D eigenvalue weighted by Crippen LogP contribution is -2.35. The highest BCUT2D eigenvalue weighted by molar-refractivity contribution is 5.92. The molecule has 1 aliphatic heterocycles. The number of nitrogens with zero attached hydrogens (tertiary/aromatic N) is 5. The molecular formula is C22H22FN5O3. The molecule has 8 nitrogen and oxygen atoms in total. The van der Waals surface area contributed by atoms with E-state index in [9.17, 15) is 19.3 Å². The average molecular weight is 423 g/mol. The molecule has 0 aliphatic carbocycles. The van der Waals surface area contributed by atoms with Crippen LogP contribution in [0, 0.1) is 15.9 Å². The van der Waals surface area contributed by atoms with E-state index in [4.69, 9.17) is 0 Å². The molecule has 0 saturated carbocycles. The van der Waals surface area contributed by atoms with Gasteiger partial charge >= 0.3 is 0 Å². The molecule has 0 bridgehead atoms. The van der Waals surface area contributed by atoms with Crippen LogP contribution in [-0.4, -0.2) is 56.6 Å². The molecule has 2 heterocycles. The van der Waals surface area contributed by atoms with Crippen molar-refractivity contribution in [3.63, 3.8) is 0 Å². The van der Waals surface area contributed by atoms with Crippen LogP contribution in [0.4, 0.5) is 10.1 Å². The van der Waals surface area contributed by atoms with Crippen molar-refractivity contribution in [1.82, 2.24) is 19.6 Å². The molecule has 31 heavy (non-hydrogen) atoms. The summed E-state index contributed by atoms with van der Waals surface area (Å²) < 4.78 is 14.6. The minimum absolute atomic E-state index is 0.00182. The quantitative estimate of drug-likeness (QED) is 0.465. The first-order valence-corrected chi connectivity index (χ1v) is 10.1. The highest BCUT2D eigenvalue weighted by Crippen LogP contribution is 2.16. The van der Waals surface area contributed by atoms with Crippen LogP contribution < -0.4 is 0 Å². The minimum Gasteiger partial charge on any atom is -0.336 e. The lowest BCUT2D eigenvalue weighted by molar-refractivity contribution is -0.384. The molecule has 160 valence electrons. The summed E-state index contributed by atoms with van der Waals surface area (Å²) in [7, 11) is 0. The molecule has 2 aromatic carbocycles. The zero-order valence-electron chi connectivity index (χ0n) is 16.9. The normalized spacial score (nSPS) is 14.9. The molecule has 4 rings (SSSR count). The number of aromatic nitrogens is 2. The summed E-state index contributed by atoms with van der Waals surface area (Å²) >= 11 is 0. The Kier molecular flexibility index (Phi) is 6.03. The lowest BCUT2D eigenvalue weighted by atomic mass is 10.2. The third-order valence-corrected chi connectivity index (χ3v) is 5.33. The Labute approximate surface area is 178 Å². The van der Waals surface area contributed by atoms with E-state index in [0.29, 0.717) is 24.5 Å². The first-order chi connectivity index (χ1) is 15.0. The largest absolute Gasteiger partial charge is 0.336 e. The third kappa shape index (κ3) is 4.95. The highest BCUT2D eigenvalue weighted by atomic mass is 19.1. The summed E-state index contributed by atoms with van der Waals surface area (Å²) in [5.41, 5.74) is 2.03. The van der Waals surface area contributed by atoms with E-state index >= 15 is 0 Å². The number of benzene rings is 2. The van der Waals surface area contributed by atoms with Gasteiger partial charge in [0.25, 0.3) is 11.6 Å². The van der Waals surface area contributed by atoms with E-state index in [2.05, 4.69) is 10.00 Å². The number of non-ortho nitro benzene ring substituents is 1. The van der Waals surface area contributed by atoms with Gasteiger partial charge in [0, 0.05) is 51.1 Å². The molecule has 1 fully saturated rings. The second-order valence-electron chi connectivity index (χ2n) is 7.47. The van der Waals surface area contributed by atoms with Gasteiger partial charge in [-0.3, -0.25) is 19.8 Å². The summed E-state index contributed by atoms with van der Waals surface area (Å²) in [5, 5.41) is 15.2. The molecular weight excluding hydrogens is 401 g/mol. The van der Waals surface area contributed by atoms with Crippen molar-refractivity contribution in [3.8, 4) is 5.69 Å². The van der Waals surface area contributed by atoms with Gasteiger partial charge in [0.05, 0.1) is 10.6 Å². The third-order valence-electron chi connectivity index (χ3n) is 5.33. The van der Waals surface area contributed by atoms with Crippen LogP contribution in [0.3, 0.4) is 0 Å². The van der Waals surface area contributed by atoms with Crippen LogP contribution in [0.1, 0.15) is 22.5 Å². The molecule has 0 spiro atoms. The highest BCUT2D eigenvalue weighted by Gasteiger charge is 2.22. The Bertz CT molecular complexity index is 1070. The number of nitro benzene ring substituents is 1. The predicted octanol–water partition coefficient (Wildman–Crippen LogP) is 3.27. The maximum absolute atomic E-state index is 13.1. The maximum Gasteiger partial charge on any atom is 0.274 e. The van der Waals surface area contributed by atoms with E-state index in [-0.39, 0.29) is 17.4 Å².